The Labute approximate surface area is 119 Å². The number of nitrogens with one attached hydrogen (secondary N) is 1. The number of carbonyl (C=O) groups excluding carboxylic acids is 1. The molecule has 0 aromatic carbocycles. The molecule has 0 spiro atoms. The van der Waals surface area contributed by atoms with E-state index in [4.69, 9.17) is 9.84 Å². The first-order valence-electron chi connectivity index (χ1n) is 6.62. The van der Waals surface area contributed by atoms with E-state index in [1.54, 1.807) is 18.5 Å². The number of rotatable bonds is 6. The van der Waals surface area contributed by atoms with Gasteiger partial charge >= 0.3 is 0 Å². The summed E-state index contributed by atoms with van der Waals surface area (Å²) in [5, 5.41) is 11.5. The van der Waals surface area contributed by atoms with Crippen LogP contribution in [0.1, 0.15) is 36.2 Å². The number of amides is 1. The fourth-order valence-electron chi connectivity index (χ4n) is 1.58. The van der Waals surface area contributed by atoms with E-state index in [1.807, 2.05) is 13.8 Å². The highest BCUT2D eigenvalue weighted by Crippen LogP contribution is 2.05. The molecule has 5 heteroatoms. The molecule has 108 valence electrons. The largest absolute Gasteiger partial charge is 0.395 e. The van der Waals surface area contributed by atoms with Gasteiger partial charge in [0.05, 0.1) is 23.8 Å². The molecule has 1 amide bonds. The van der Waals surface area contributed by atoms with Crippen LogP contribution in [0.15, 0.2) is 18.5 Å². The topological polar surface area (TPSA) is 71.5 Å². The first-order valence-corrected chi connectivity index (χ1v) is 6.62. The first-order chi connectivity index (χ1) is 9.69. The number of pyridine rings is 1. The Morgan fingerprint density at radius 1 is 1.60 bits per heavy atom. The van der Waals surface area contributed by atoms with Crippen LogP contribution in [-0.4, -0.2) is 41.9 Å². The highest BCUT2D eigenvalue weighted by molar-refractivity contribution is 5.96. The van der Waals surface area contributed by atoms with Gasteiger partial charge < -0.3 is 15.2 Å². The molecular weight excluding hydrogens is 256 g/mol. The van der Waals surface area contributed by atoms with Crippen LogP contribution in [-0.2, 0) is 4.74 Å². The molecule has 2 N–H and O–H groups in total. The number of ether oxygens (including phenoxy) is 1. The lowest BCUT2D eigenvalue weighted by atomic mass is 10.1. The Balaban J connectivity index is 2.71. The third-order valence-electron chi connectivity index (χ3n) is 2.53. The van der Waals surface area contributed by atoms with Gasteiger partial charge in [-0.15, -0.1) is 0 Å². The zero-order chi connectivity index (χ0) is 14.8. The van der Waals surface area contributed by atoms with Crippen molar-refractivity contribution >= 4 is 5.91 Å². The number of aliphatic hydroxyl groups excluding tert-OH is 1. The summed E-state index contributed by atoms with van der Waals surface area (Å²) in [5.41, 5.74) is 1.04. The van der Waals surface area contributed by atoms with Crippen LogP contribution in [0.3, 0.4) is 0 Å². The lowest BCUT2D eigenvalue weighted by Crippen LogP contribution is -2.32. The molecule has 0 bridgehead atoms. The van der Waals surface area contributed by atoms with Gasteiger partial charge in [0.15, 0.2) is 0 Å². The summed E-state index contributed by atoms with van der Waals surface area (Å²) in [5.74, 6) is 5.43. The Kier molecular flexibility index (Phi) is 7.33. The smallest absolute Gasteiger partial charge is 0.252 e. The van der Waals surface area contributed by atoms with E-state index in [0.29, 0.717) is 30.7 Å². The molecule has 0 saturated heterocycles. The van der Waals surface area contributed by atoms with Crippen LogP contribution >= 0.6 is 0 Å². The van der Waals surface area contributed by atoms with Gasteiger partial charge in [-0.3, -0.25) is 9.78 Å². The Morgan fingerprint density at radius 2 is 2.40 bits per heavy atom. The molecule has 1 heterocycles. The van der Waals surface area contributed by atoms with Crippen molar-refractivity contribution in [2.24, 2.45) is 0 Å². The molecule has 0 saturated carbocycles. The lowest BCUT2D eigenvalue weighted by molar-refractivity contribution is 0.0695. The van der Waals surface area contributed by atoms with Crippen LogP contribution in [0, 0.1) is 11.8 Å². The average Bonchev–Trinajstić information content (AvgIpc) is 2.46. The minimum absolute atomic E-state index is 0.000658. The van der Waals surface area contributed by atoms with Crippen molar-refractivity contribution in [3.8, 4) is 11.8 Å². The molecule has 0 aliphatic heterocycles. The van der Waals surface area contributed by atoms with Crippen molar-refractivity contribution < 1.29 is 14.6 Å². The number of carbonyl (C=O) groups is 1. The molecule has 1 aromatic heterocycles. The normalized spacial score (nSPS) is 11.3. The number of nitrogens with zero attached hydrogens (tertiary/aromatic N) is 1. The van der Waals surface area contributed by atoms with Gasteiger partial charge in [0.1, 0.15) is 0 Å². The summed E-state index contributed by atoms with van der Waals surface area (Å²) in [6.07, 6.45) is 3.44. The Morgan fingerprint density at radius 3 is 3.10 bits per heavy atom. The highest BCUT2D eigenvalue weighted by atomic mass is 16.5. The molecule has 1 atom stereocenters. The van der Waals surface area contributed by atoms with Gasteiger partial charge in [-0.1, -0.05) is 11.8 Å². The molecule has 20 heavy (non-hydrogen) atoms. The maximum absolute atomic E-state index is 12.1. The number of hydrogen-bond acceptors (Lipinski definition) is 4. The predicted molar refractivity (Wildman–Crippen MR) is 76.2 cm³/mol. The monoisotopic (exact) mass is 276 g/mol. The molecule has 0 aliphatic rings. The van der Waals surface area contributed by atoms with Crippen molar-refractivity contribution in [1.29, 1.82) is 0 Å². The molecule has 1 aromatic rings. The van der Waals surface area contributed by atoms with E-state index in [9.17, 15) is 4.79 Å². The number of hydrogen-bond donors (Lipinski definition) is 2. The molecule has 5 nitrogen and oxygen atoms in total. The van der Waals surface area contributed by atoms with Crippen molar-refractivity contribution in [1.82, 2.24) is 10.3 Å². The van der Waals surface area contributed by atoms with Crippen molar-refractivity contribution in [2.45, 2.75) is 26.4 Å². The zero-order valence-electron chi connectivity index (χ0n) is 11.8. The summed E-state index contributed by atoms with van der Waals surface area (Å²) in [6, 6.07) is 1.63. The molecule has 0 aliphatic carbocycles. The second kappa shape index (κ2) is 9.08. The van der Waals surface area contributed by atoms with Crippen LogP contribution < -0.4 is 5.32 Å². The van der Waals surface area contributed by atoms with Crippen LogP contribution in [0.25, 0.3) is 0 Å². The summed E-state index contributed by atoms with van der Waals surface area (Å²) < 4.78 is 5.35. The minimum atomic E-state index is -0.202. The molecular formula is C15H20N2O3. The van der Waals surface area contributed by atoms with Crippen molar-refractivity contribution in [3.63, 3.8) is 0 Å². The average molecular weight is 276 g/mol. The molecule has 0 fully saturated rings. The second-order valence-corrected chi connectivity index (χ2v) is 4.17. The Hall–Kier alpha value is -1.90. The number of aliphatic hydroxyl groups is 1. The van der Waals surface area contributed by atoms with Gasteiger partial charge in [0.2, 0.25) is 0 Å². The van der Waals surface area contributed by atoms with Gasteiger partial charge in [-0.25, -0.2) is 0 Å². The van der Waals surface area contributed by atoms with E-state index >= 15 is 0 Å². The van der Waals surface area contributed by atoms with E-state index < -0.39 is 0 Å². The maximum atomic E-state index is 12.1. The van der Waals surface area contributed by atoms with Crippen LogP contribution in [0.5, 0.6) is 0 Å². The summed E-state index contributed by atoms with van der Waals surface area (Å²) in [7, 11) is 0. The molecule has 0 radical (unpaired) electrons. The predicted octanol–water partition coefficient (Wildman–Crippen LogP) is 0.970. The second-order valence-electron chi connectivity index (χ2n) is 4.17. The summed E-state index contributed by atoms with van der Waals surface area (Å²) >= 11 is 0. The highest BCUT2D eigenvalue weighted by Gasteiger charge is 2.11. The zero-order valence-corrected chi connectivity index (χ0v) is 11.8. The van der Waals surface area contributed by atoms with Crippen LogP contribution in [0.4, 0.5) is 0 Å². The van der Waals surface area contributed by atoms with E-state index in [0.717, 1.165) is 0 Å². The Bertz CT molecular complexity index is 491. The fraction of sp³-hybridized carbons (Fsp3) is 0.467. The maximum Gasteiger partial charge on any atom is 0.252 e. The first kappa shape index (κ1) is 16.2. The van der Waals surface area contributed by atoms with Gasteiger partial charge in [0, 0.05) is 32.0 Å². The lowest BCUT2D eigenvalue weighted by Gasteiger charge is -2.13. The molecule has 1 rings (SSSR count). The van der Waals surface area contributed by atoms with Gasteiger partial charge in [0.25, 0.3) is 5.91 Å². The summed E-state index contributed by atoms with van der Waals surface area (Å²) in [6.45, 7) is 4.87. The third-order valence-corrected chi connectivity index (χ3v) is 2.53. The van der Waals surface area contributed by atoms with Crippen molar-refractivity contribution in [3.05, 3.63) is 29.6 Å². The minimum Gasteiger partial charge on any atom is -0.395 e. The SMILES string of the molecule is CCOC(C)CNC(=O)c1ccncc1C#CCCO. The van der Waals surface area contributed by atoms with E-state index in [-0.39, 0.29) is 18.6 Å². The fourth-order valence-corrected chi connectivity index (χ4v) is 1.58. The van der Waals surface area contributed by atoms with E-state index in [1.165, 1.54) is 0 Å². The molecule has 1 unspecified atom stereocenters. The number of aromatic nitrogens is 1. The van der Waals surface area contributed by atoms with Crippen molar-refractivity contribution in [2.75, 3.05) is 19.8 Å². The standard InChI is InChI=1S/C15H20N2O3/c1-3-20-12(2)10-17-15(19)14-7-8-16-11-13(14)6-4-5-9-18/h7-8,11-12,18H,3,5,9-10H2,1-2H3,(H,17,19). The van der Waals surface area contributed by atoms with Gasteiger partial charge in [-0.05, 0) is 19.9 Å². The van der Waals surface area contributed by atoms with Gasteiger partial charge in [-0.2, -0.15) is 0 Å². The quantitative estimate of drug-likeness (QED) is 0.760. The summed E-state index contributed by atoms with van der Waals surface area (Å²) in [4.78, 5) is 16.1. The third kappa shape index (κ3) is 5.39. The van der Waals surface area contributed by atoms with E-state index in [2.05, 4.69) is 22.1 Å². The van der Waals surface area contributed by atoms with Crippen LogP contribution in [0.2, 0.25) is 0 Å².